The van der Waals surface area contributed by atoms with Crippen molar-refractivity contribution in [2.24, 2.45) is 0 Å². The van der Waals surface area contributed by atoms with E-state index in [-0.39, 0.29) is 37.8 Å². The number of aliphatic hydroxyl groups is 3. The normalized spacial score (nSPS) is 22.1. The van der Waals surface area contributed by atoms with E-state index in [1.807, 2.05) is 6.92 Å². The fraction of sp³-hybridized carbons (Fsp3) is 0.407. The maximum absolute atomic E-state index is 13.3. The zero-order valence-electron chi connectivity index (χ0n) is 20.8. The number of hydrogen-bond acceptors (Lipinski definition) is 8. The molecule has 2 aliphatic rings. The molecule has 1 aromatic carbocycles. The summed E-state index contributed by atoms with van der Waals surface area (Å²) in [7, 11) is 1.47. The number of ether oxygens (including phenoxy) is 2. The Morgan fingerprint density at radius 1 is 1.24 bits per heavy atom. The van der Waals surface area contributed by atoms with Gasteiger partial charge in [0.2, 0.25) is 11.8 Å². The van der Waals surface area contributed by atoms with E-state index in [0.29, 0.717) is 29.0 Å². The van der Waals surface area contributed by atoms with Gasteiger partial charge in [-0.05, 0) is 42.3 Å². The Morgan fingerprint density at radius 2 is 2.05 bits per heavy atom. The summed E-state index contributed by atoms with van der Waals surface area (Å²) in [6, 6.07) is 4.18. The van der Waals surface area contributed by atoms with Crippen LogP contribution in [0.2, 0.25) is 0 Å². The maximum atomic E-state index is 13.3. The number of hydrogen-bond donors (Lipinski definition) is 4. The lowest BCUT2D eigenvalue weighted by atomic mass is 9.77. The van der Waals surface area contributed by atoms with Crippen molar-refractivity contribution >= 4 is 11.8 Å². The molecule has 0 bridgehead atoms. The number of carbonyl (C=O) groups excluding carboxylic acids is 2. The third kappa shape index (κ3) is 5.27. The van der Waals surface area contributed by atoms with Gasteiger partial charge in [0.1, 0.15) is 12.2 Å². The van der Waals surface area contributed by atoms with E-state index in [1.54, 1.807) is 30.4 Å². The van der Waals surface area contributed by atoms with Crippen molar-refractivity contribution in [3.8, 4) is 11.5 Å². The number of methoxy groups -OCH3 is 1. The van der Waals surface area contributed by atoms with Crippen molar-refractivity contribution in [2.75, 3.05) is 20.3 Å². The van der Waals surface area contributed by atoms with E-state index < -0.39 is 30.1 Å². The molecule has 0 radical (unpaired) electrons. The van der Waals surface area contributed by atoms with Gasteiger partial charge < -0.3 is 39.4 Å². The zero-order chi connectivity index (χ0) is 26.5. The number of furan rings is 1. The minimum atomic E-state index is -1.19. The van der Waals surface area contributed by atoms with Crippen LogP contribution in [0.25, 0.3) is 0 Å². The average molecular weight is 513 g/mol. The molecule has 2 amide bonds. The average Bonchev–Trinajstić information content (AvgIpc) is 3.57. The van der Waals surface area contributed by atoms with Crippen LogP contribution >= 0.6 is 0 Å². The number of rotatable bonds is 10. The second-order valence-corrected chi connectivity index (χ2v) is 8.93. The lowest BCUT2D eigenvalue weighted by Gasteiger charge is -2.40. The predicted molar refractivity (Wildman–Crippen MR) is 133 cm³/mol. The highest BCUT2D eigenvalue weighted by Crippen LogP contribution is 2.51. The Hall–Kier alpha value is -3.60. The summed E-state index contributed by atoms with van der Waals surface area (Å²) in [4.78, 5) is 28.0. The van der Waals surface area contributed by atoms with E-state index in [2.05, 4.69) is 5.32 Å². The summed E-state index contributed by atoms with van der Waals surface area (Å²) in [5.74, 6) is -0.739. The van der Waals surface area contributed by atoms with Crippen LogP contribution in [0.5, 0.6) is 11.5 Å². The van der Waals surface area contributed by atoms with Gasteiger partial charge in [0, 0.05) is 29.8 Å². The summed E-state index contributed by atoms with van der Waals surface area (Å²) >= 11 is 0. The molecule has 0 saturated carbocycles. The summed E-state index contributed by atoms with van der Waals surface area (Å²) in [5, 5.41) is 33.3. The van der Waals surface area contributed by atoms with E-state index in [1.165, 1.54) is 30.6 Å². The smallest absolute Gasteiger partial charge is 0.247 e. The third-order valence-electron chi connectivity index (χ3n) is 6.57. The largest absolute Gasteiger partial charge is 0.493 e. The summed E-state index contributed by atoms with van der Waals surface area (Å²) in [6.45, 7) is 1.58. The first-order valence-electron chi connectivity index (χ1n) is 12.2. The fourth-order valence-corrected chi connectivity index (χ4v) is 4.84. The molecule has 10 heteroatoms. The standard InChI is InChI=1S/C27H32N2O8/c1-3-4-5-22(32)29(13-16-6-9-36-15-16)20-12-19(27(34)28-7-8-30)23-18-10-17(14-31)11-21(35-2)25(18)37-26(23)24(20)33/h4-6,9-12,15,20,23-24,26,30-31,33H,3,7-8,13-14H2,1-2H3,(H,28,34)/t20-,23+,24+,26+/m1/s1. The van der Waals surface area contributed by atoms with Crippen molar-refractivity contribution in [2.45, 2.75) is 50.7 Å². The summed E-state index contributed by atoms with van der Waals surface area (Å²) in [6.07, 6.45) is 6.33. The van der Waals surface area contributed by atoms with Gasteiger partial charge in [0.25, 0.3) is 0 Å². The second kappa shape index (κ2) is 11.6. The van der Waals surface area contributed by atoms with Crippen molar-refractivity contribution < 1.29 is 38.8 Å². The summed E-state index contributed by atoms with van der Waals surface area (Å²) < 4.78 is 16.9. The lowest BCUT2D eigenvalue weighted by Crippen LogP contribution is -2.55. The van der Waals surface area contributed by atoms with Crippen LogP contribution in [0.15, 0.2) is 58.9 Å². The molecule has 1 aliphatic carbocycles. The van der Waals surface area contributed by atoms with Crippen LogP contribution in [0.3, 0.4) is 0 Å². The van der Waals surface area contributed by atoms with E-state index in [9.17, 15) is 24.9 Å². The van der Waals surface area contributed by atoms with Crippen LogP contribution in [0.1, 0.15) is 36.0 Å². The first-order valence-corrected chi connectivity index (χ1v) is 12.2. The van der Waals surface area contributed by atoms with Crippen LogP contribution in [-0.4, -0.2) is 70.5 Å². The van der Waals surface area contributed by atoms with E-state index in [4.69, 9.17) is 13.9 Å². The third-order valence-corrected chi connectivity index (χ3v) is 6.57. The number of nitrogens with zero attached hydrogens (tertiary/aromatic N) is 1. The van der Waals surface area contributed by atoms with Crippen LogP contribution < -0.4 is 14.8 Å². The van der Waals surface area contributed by atoms with Gasteiger partial charge in [0.05, 0.1) is 44.8 Å². The first-order chi connectivity index (χ1) is 17.9. The number of nitrogens with one attached hydrogen (secondary N) is 1. The Kier molecular flexibility index (Phi) is 8.32. The SMILES string of the molecule is CCC=CC(=O)N(Cc1ccoc1)[C@@H]1C=C(C(=O)NCCO)[C@@H]2c3cc(CO)cc(OC)c3O[C@@H]2[C@H]1O. The molecule has 37 heavy (non-hydrogen) atoms. The Labute approximate surface area is 214 Å². The van der Waals surface area contributed by atoms with Crippen LogP contribution in [0.4, 0.5) is 0 Å². The van der Waals surface area contributed by atoms with Gasteiger partial charge in [-0.3, -0.25) is 9.59 Å². The first kappa shape index (κ1) is 26.5. The van der Waals surface area contributed by atoms with E-state index in [0.717, 1.165) is 5.56 Å². The highest BCUT2D eigenvalue weighted by Gasteiger charge is 2.51. The number of aliphatic hydroxyl groups excluding tert-OH is 3. The van der Waals surface area contributed by atoms with E-state index >= 15 is 0 Å². The van der Waals surface area contributed by atoms with Gasteiger partial charge in [-0.2, -0.15) is 0 Å². The molecule has 2 aromatic rings. The quantitative estimate of drug-likeness (QED) is 0.350. The number of amides is 2. The topological polar surface area (TPSA) is 142 Å². The zero-order valence-corrected chi connectivity index (χ0v) is 20.8. The Balaban J connectivity index is 1.82. The number of carbonyl (C=O) groups is 2. The molecule has 4 rings (SSSR count). The Morgan fingerprint density at radius 3 is 2.70 bits per heavy atom. The van der Waals surface area contributed by atoms with Crippen molar-refractivity contribution in [1.29, 1.82) is 0 Å². The molecule has 0 unspecified atom stereocenters. The lowest BCUT2D eigenvalue weighted by molar-refractivity contribution is -0.133. The van der Waals surface area contributed by atoms with Gasteiger partial charge in [-0.1, -0.05) is 13.0 Å². The summed E-state index contributed by atoms with van der Waals surface area (Å²) in [5.41, 5.74) is 2.16. The van der Waals surface area contributed by atoms with Crippen molar-refractivity contribution in [3.05, 3.63) is 71.2 Å². The molecule has 4 atom stereocenters. The molecule has 198 valence electrons. The van der Waals surface area contributed by atoms with Crippen LogP contribution in [0, 0.1) is 0 Å². The molecule has 0 fully saturated rings. The van der Waals surface area contributed by atoms with Gasteiger partial charge >= 0.3 is 0 Å². The number of fused-ring (bicyclic) bond motifs is 3. The predicted octanol–water partition coefficient (Wildman–Crippen LogP) is 1.40. The molecule has 0 saturated heterocycles. The monoisotopic (exact) mass is 512 g/mol. The molecular formula is C27H32N2O8. The van der Waals surface area contributed by atoms with Gasteiger partial charge in [0.15, 0.2) is 11.5 Å². The molecule has 1 aliphatic heterocycles. The van der Waals surface area contributed by atoms with Gasteiger partial charge in [-0.25, -0.2) is 0 Å². The molecule has 2 heterocycles. The molecular weight excluding hydrogens is 480 g/mol. The minimum Gasteiger partial charge on any atom is -0.493 e. The maximum Gasteiger partial charge on any atom is 0.247 e. The molecule has 4 N–H and O–H groups in total. The highest BCUT2D eigenvalue weighted by molar-refractivity contribution is 5.96. The highest BCUT2D eigenvalue weighted by atomic mass is 16.5. The molecule has 10 nitrogen and oxygen atoms in total. The Bertz CT molecular complexity index is 1170. The number of benzene rings is 1. The van der Waals surface area contributed by atoms with Crippen LogP contribution in [-0.2, 0) is 22.7 Å². The fourth-order valence-electron chi connectivity index (χ4n) is 4.84. The second-order valence-electron chi connectivity index (χ2n) is 8.93. The molecule has 1 aromatic heterocycles. The van der Waals surface area contributed by atoms with Crippen molar-refractivity contribution in [3.63, 3.8) is 0 Å². The van der Waals surface area contributed by atoms with Crippen molar-refractivity contribution in [1.82, 2.24) is 10.2 Å². The van der Waals surface area contributed by atoms with Gasteiger partial charge in [-0.15, -0.1) is 0 Å². The minimum absolute atomic E-state index is 0.0331. The number of allylic oxidation sites excluding steroid dienone is 1. The molecule has 0 spiro atoms.